The zero-order valence-electron chi connectivity index (χ0n) is 13.3. The molecule has 1 saturated heterocycles. The summed E-state index contributed by atoms with van der Waals surface area (Å²) in [6.07, 6.45) is 1.97. The monoisotopic (exact) mass is 278 g/mol. The topological polar surface area (TPSA) is 41.4 Å². The Kier molecular flexibility index (Phi) is 4.48. The first-order valence-electron chi connectivity index (χ1n) is 7.37. The number of aryl methyl sites for hydroxylation is 1. The van der Waals surface area contributed by atoms with E-state index in [0.717, 1.165) is 31.6 Å². The molecule has 1 aliphatic rings. The number of nitrogens with zero attached hydrogens (tertiary/aromatic N) is 4. The maximum Gasteiger partial charge on any atom is 0.272 e. The highest BCUT2D eigenvalue weighted by Gasteiger charge is 2.29. The van der Waals surface area contributed by atoms with Gasteiger partial charge in [0.15, 0.2) is 0 Å². The molecule has 0 unspecified atom stereocenters. The van der Waals surface area contributed by atoms with Crippen molar-refractivity contribution in [3.63, 3.8) is 0 Å². The number of likely N-dealkylation sites (tertiary alicyclic amines) is 1. The Morgan fingerprint density at radius 2 is 2.20 bits per heavy atom. The Labute approximate surface area is 121 Å². The summed E-state index contributed by atoms with van der Waals surface area (Å²) in [6.45, 7) is 5.99. The zero-order chi connectivity index (χ0) is 14.9. The molecule has 1 atom stereocenters. The van der Waals surface area contributed by atoms with Crippen LogP contribution in [-0.2, 0) is 13.5 Å². The molecule has 0 bridgehead atoms. The summed E-state index contributed by atoms with van der Waals surface area (Å²) in [7, 11) is 6.00. The van der Waals surface area contributed by atoms with E-state index in [1.165, 1.54) is 0 Å². The Morgan fingerprint density at radius 1 is 1.50 bits per heavy atom. The molecule has 0 spiro atoms. The van der Waals surface area contributed by atoms with E-state index in [-0.39, 0.29) is 5.91 Å². The van der Waals surface area contributed by atoms with Gasteiger partial charge in [-0.15, -0.1) is 0 Å². The molecule has 2 heterocycles. The molecule has 0 aromatic carbocycles. The Bertz CT molecular complexity index is 478. The largest absolute Gasteiger partial charge is 0.336 e. The van der Waals surface area contributed by atoms with Crippen LogP contribution in [0.5, 0.6) is 0 Å². The molecule has 2 rings (SSSR count). The van der Waals surface area contributed by atoms with Gasteiger partial charge < -0.3 is 9.80 Å². The summed E-state index contributed by atoms with van der Waals surface area (Å²) in [6, 6.07) is 2.42. The molecule has 20 heavy (non-hydrogen) atoms. The van der Waals surface area contributed by atoms with Crippen molar-refractivity contribution in [2.45, 2.75) is 32.7 Å². The minimum absolute atomic E-state index is 0.111. The molecule has 1 aromatic rings. The Hall–Kier alpha value is -1.36. The fourth-order valence-corrected chi connectivity index (χ4v) is 2.75. The third kappa shape index (κ3) is 3.20. The normalized spacial score (nSPS) is 19.4. The van der Waals surface area contributed by atoms with Gasteiger partial charge in [-0.05, 0) is 38.9 Å². The SMILES string of the molecule is CC(C)Cc1cc(C(=O)N2CC[C@H](N(C)C)C2)n(C)n1. The predicted octanol–water partition coefficient (Wildman–Crippen LogP) is 1.39. The van der Waals surface area contributed by atoms with Crippen molar-refractivity contribution in [3.05, 3.63) is 17.5 Å². The number of carbonyl (C=O) groups is 1. The van der Waals surface area contributed by atoms with Crippen LogP contribution in [0.25, 0.3) is 0 Å². The fraction of sp³-hybridized carbons (Fsp3) is 0.733. The molecule has 1 aromatic heterocycles. The highest BCUT2D eigenvalue weighted by atomic mass is 16.2. The lowest BCUT2D eigenvalue weighted by molar-refractivity contribution is 0.0772. The van der Waals surface area contributed by atoms with Crippen LogP contribution in [0.1, 0.15) is 36.5 Å². The van der Waals surface area contributed by atoms with Gasteiger partial charge >= 0.3 is 0 Å². The number of likely N-dealkylation sites (N-methyl/N-ethyl adjacent to an activating group) is 1. The lowest BCUT2D eigenvalue weighted by Gasteiger charge is -2.20. The zero-order valence-corrected chi connectivity index (χ0v) is 13.3. The molecule has 1 fully saturated rings. The van der Waals surface area contributed by atoms with Crippen molar-refractivity contribution in [2.24, 2.45) is 13.0 Å². The van der Waals surface area contributed by atoms with Gasteiger partial charge in [0.2, 0.25) is 0 Å². The van der Waals surface area contributed by atoms with Gasteiger partial charge in [0, 0.05) is 26.2 Å². The standard InChI is InChI=1S/C15H26N4O/c1-11(2)8-12-9-14(18(5)16-12)15(20)19-7-6-13(10-19)17(3)4/h9,11,13H,6-8,10H2,1-5H3/t13-/m0/s1. The van der Waals surface area contributed by atoms with Crippen LogP contribution in [0.4, 0.5) is 0 Å². The van der Waals surface area contributed by atoms with Crippen molar-refractivity contribution in [1.29, 1.82) is 0 Å². The summed E-state index contributed by atoms with van der Waals surface area (Å²) >= 11 is 0. The van der Waals surface area contributed by atoms with Gasteiger partial charge in [-0.1, -0.05) is 13.8 Å². The van der Waals surface area contributed by atoms with Crippen molar-refractivity contribution < 1.29 is 4.79 Å². The van der Waals surface area contributed by atoms with Crippen molar-refractivity contribution in [1.82, 2.24) is 19.6 Å². The maximum absolute atomic E-state index is 12.6. The summed E-state index contributed by atoms with van der Waals surface area (Å²) in [5, 5.41) is 4.46. The molecule has 0 radical (unpaired) electrons. The second-order valence-corrected chi connectivity index (χ2v) is 6.40. The second-order valence-electron chi connectivity index (χ2n) is 6.40. The van der Waals surface area contributed by atoms with Crippen LogP contribution < -0.4 is 0 Å². The fourth-order valence-electron chi connectivity index (χ4n) is 2.75. The van der Waals surface area contributed by atoms with E-state index in [0.29, 0.717) is 17.7 Å². The lowest BCUT2D eigenvalue weighted by atomic mass is 10.1. The number of aromatic nitrogens is 2. The van der Waals surface area contributed by atoms with Gasteiger partial charge in [-0.3, -0.25) is 9.48 Å². The highest BCUT2D eigenvalue weighted by molar-refractivity contribution is 5.93. The summed E-state index contributed by atoms with van der Waals surface area (Å²) in [4.78, 5) is 16.7. The molecule has 0 N–H and O–H groups in total. The Balaban J connectivity index is 2.08. The average Bonchev–Trinajstić information content (AvgIpc) is 2.94. The highest BCUT2D eigenvalue weighted by Crippen LogP contribution is 2.17. The molecular formula is C15H26N4O. The van der Waals surface area contributed by atoms with E-state index < -0.39 is 0 Å². The first kappa shape index (κ1) is 15.0. The van der Waals surface area contributed by atoms with E-state index in [9.17, 15) is 4.79 Å². The molecule has 0 saturated carbocycles. The number of carbonyl (C=O) groups excluding carboxylic acids is 1. The molecular weight excluding hydrogens is 252 g/mol. The van der Waals surface area contributed by atoms with Gasteiger partial charge in [-0.25, -0.2) is 0 Å². The van der Waals surface area contributed by atoms with Crippen molar-refractivity contribution in [3.8, 4) is 0 Å². The molecule has 0 aliphatic carbocycles. The number of hydrogen-bond donors (Lipinski definition) is 0. The minimum Gasteiger partial charge on any atom is -0.336 e. The summed E-state index contributed by atoms with van der Waals surface area (Å²) < 4.78 is 1.73. The minimum atomic E-state index is 0.111. The third-order valence-corrected chi connectivity index (χ3v) is 3.95. The smallest absolute Gasteiger partial charge is 0.272 e. The number of hydrogen-bond acceptors (Lipinski definition) is 3. The Morgan fingerprint density at radius 3 is 2.75 bits per heavy atom. The van der Waals surface area contributed by atoms with Crippen LogP contribution in [0.2, 0.25) is 0 Å². The van der Waals surface area contributed by atoms with Crippen LogP contribution in [0.15, 0.2) is 6.07 Å². The quantitative estimate of drug-likeness (QED) is 0.836. The molecule has 1 aliphatic heterocycles. The second kappa shape index (κ2) is 5.95. The van der Waals surface area contributed by atoms with E-state index in [4.69, 9.17) is 0 Å². The number of rotatable bonds is 4. The van der Waals surface area contributed by atoms with Crippen molar-refractivity contribution in [2.75, 3.05) is 27.2 Å². The van der Waals surface area contributed by atoms with Gasteiger partial charge in [0.25, 0.3) is 5.91 Å². The van der Waals surface area contributed by atoms with E-state index in [2.05, 4.69) is 37.9 Å². The average molecular weight is 278 g/mol. The van der Waals surface area contributed by atoms with E-state index in [1.54, 1.807) is 4.68 Å². The van der Waals surface area contributed by atoms with Gasteiger partial charge in [0.1, 0.15) is 5.69 Å². The molecule has 1 amide bonds. The van der Waals surface area contributed by atoms with Gasteiger partial charge in [-0.2, -0.15) is 5.10 Å². The summed E-state index contributed by atoms with van der Waals surface area (Å²) in [5.41, 5.74) is 1.72. The summed E-state index contributed by atoms with van der Waals surface area (Å²) in [5.74, 6) is 0.664. The van der Waals surface area contributed by atoms with Crippen LogP contribution >= 0.6 is 0 Å². The van der Waals surface area contributed by atoms with Crippen LogP contribution in [0.3, 0.4) is 0 Å². The maximum atomic E-state index is 12.6. The van der Waals surface area contributed by atoms with Crippen LogP contribution in [0, 0.1) is 5.92 Å². The lowest BCUT2D eigenvalue weighted by Crippen LogP contribution is -2.35. The first-order valence-corrected chi connectivity index (χ1v) is 7.37. The molecule has 5 heteroatoms. The van der Waals surface area contributed by atoms with E-state index in [1.807, 2.05) is 18.0 Å². The first-order chi connectivity index (χ1) is 9.38. The van der Waals surface area contributed by atoms with Gasteiger partial charge in [0.05, 0.1) is 5.69 Å². The number of amides is 1. The third-order valence-electron chi connectivity index (χ3n) is 3.95. The molecule has 112 valence electrons. The van der Waals surface area contributed by atoms with Crippen LogP contribution in [-0.4, -0.2) is 58.7 Å². The van der Waals surface area contributed by atoms with E-state index >= 15 is 0 Å². The van der Waals surface area contributed by atoms with Crippen molar-refractivity contribution >= 4 is 5.91 Å². The predicted molar refractivity (Wildman–Crippen MR) is 79.7 cm³/mol. The molecule has 5 nitrogen and oxygen atoms in total.